The number of carbonyl (C=O) groups is 2. The van der Waals surface area contributed by atoms with E-state index in [4.69, 9.17) is 33.7 Å². The van der Waals surface area contributed by atoms with Gasteiger partial charge in [0.25, 0.3) is 11.8 Å². The number of aromatic nitrogens is 3. The normalized spacial score (nSPS) is 10.6. The zero-order valence-electron chi connectivity index (χ0n) is 17.1. The number of hydrogen-bond acceptors (Lipinski definition) is 7. The fourth-order valence-corrected chi connectivity index (χ4v) is 3.63. The monoisotopic (exact) mass is 482 g/mol. The highest BCUT2D eigenvalue weighted by molar-refractivity contribution is 6.43. The van der Waals surface area contributed by atoms with Crippen LogP contribution in [-0.2, 0) is 0 Å². The molecule has 2 aromatic heterocycles. The van der Waals surface area contributed by atoms with Crippen molar-refractivity contribution in [2.75, 3.05) is 23.5 Å². The summed E-state index contributed by atoms with van der Waals surface area (Å²) in [5.41, 5.74) is 6.44. The van der Waals surface area contributed by atoms with E-state index in [9.17, 15) is 9.59 Å². The molecule has 0 radical (unpaired) electrons. The van der Waals surface area contributed by atoms with Crippen molar-refractivity contribution < 1.29 is 14.3 Å². The first kappa shape index (κ1) is 22.3. The maximum absolute atomic E-state index is 12.9. The van der Waals surface area contributed by atoms with Crippen molar-refractivity contribution in [2.45, 2.75) is 0 Å². The van der Waals surface area contributed by atoms with Gasteiger partial charge in [0.2, 0.25) is 5.82 Å². The standard InChI is InChI=1S/C22H16Cl2N6O3/c1-33-14-10-12(21(31)28-15-8-4-5-9-26-15)16(23)18(17(14)24)29-22(32)20-27-13-7-3-2-6-11(13)19(25)30-20/h2-10H,1H3,(H,29,32)(H2,25,27,30)(H,26,28,31). The van der Waals surface area contributed by atoms with Crippen molar-refractivity contribution in [3.8, 4) is 5.75 Å². The number of methoxy groups -OCH3 is 1. The van der Waals surface area contributed by atoms with Gasteiger partial charge in [-0.1, -0.05) is 41.4 Å². The Morgan fingerprint density at radius 2 is 1.73 bits per heavy atom. The molecular formula is C22H16Cl2N6O3. The van der Waals surface area contributed by atoms with Crippen molar-refractivity contribution in [3.05, 3.63) is 76.2 Å². The van der Waals surface area contributed by atoms with Crippen LogP contribution in [0.5, 0.6) is 5.75 Å². The molecule has 4 aromatic rings. The minimum Gasteiger partial charge on any atom is -0.495 e. The van der Waals surface area contributed by atoms with Crippen molar-refractivity contribution in [3.63, 3.8) is 0 Å². The maximum atomic E-state index is 12.9. The predicted octanol–water partition coefficient (Wildman–Crippen LogP) is 4.43. The van der Waals surface area contributed by atoms with E-state index < -0.39 is 11.8 Å². The minimum absolute atomic E-state index is 0.000928. The second-order valence-electron chi connectivity index (χ2n) is 6.70. The Bertz CT molecular complexity index is 1380. The number of pyridine rings is 1. The van der Waals surface area contributed by atoms with Gasteiger partial charge in [0.15, 0.2) is 0 Å². The van der Waals surface area contributed by atoms with Crippen LogP contribution in [-0.4, -0.2) is 33.9 Å². The molecule has 4 N–H and O–H groups in total. The Labute approximate surface area is 197 Å². The second-order valence-corrected chi connectivity index (χ2v) is 7.46. The van der Waals surface area contributed by atoms with Gasteiger partial charge in [0.1, 0.15) is 22.4 Å². The summed E-state index contributed by atoms with van der Waals surface area (Å²) in [4.78, 5) is 38.1. The average Bonchev–Trinajstić information content (AvgIpc) is 2.82. The molecule has 0 aliphatic carbocycles. The predicted molar refractivity (Wildman–Crippen MR) is 127 cm³/mol. The van der Waals surface area contributed by atoms with Crippen LogP contribution in [0.4, 0.5) is 17.3 Å². The molecule has 2 amide bonds. The zero-order chi connectivity index (χ0) is 23.5. The van der Waals surface area contributed by atoms with E-state index in [1.165, 1.54) is 19.4 Å². The summed E-state index contributed by atoms with van der Waals surface area (Å²) in [5.74, 6) is -0.903. The van der Waals surface area contributed by atoms with Gasteiger partial charge in [-0.15, -0.1) is 0 Å². The molecule has 11 heteroatoms. The number of halogens is 2. The number of para-hydroxylation sites is 1. The van der Waals surface area contributed by atoms with Crippen LogP contribution in [0.3, 0.4) is 0 Å². The van der Waals surface area contributed by atoms with Gasteiger partial charge in [0, 0.05) is 11.6 Å². The molecule has 0 aliphatic heterocycles. The number of nitrogens with two attached hydrogens (primary N) is 1. The molecular weight excluding hydrogens is 467 g/mol. The molecule has 0 aliphatic rings. The van der Waals surface area contributed by atoms with Gasteiger partial charge >= 0.3 is 0 Å². The molecule has 0 atom stereocenters. The molecule has 0 bridgehead atoms. The van der Waals surface area contributed by atoms with Crippen molar-refractivity contribution in [1.82, 2.24) is 15.0 Å². The summed E-state index contributed by atoms with van der Waals surface area (Å²) < 4.78 is 5.26. The number of anilines is 3. The molecule has 0 saturated heterocycles. The molecule has 9 nitrogen and oxygen atoms in total. The number of fused-ring (bicyclic) bond motifs is 1. The van der Waals surface area contributed by atoms with Crippen LogP contribution in [0.2, 0.25) is 10.0 Å². The van der Waals surface area contributed by atoms with E-state index in [1.807, 2.05) is 0 Å². The lowest BCUT2D eigenvalue weighted by Crippen LogP contribution is -2.19. The summed E-state index contributed by atoms with van der Waals surface area (Å²) in [7, 11) is 1.37. The first-order valence-corrected chi connectivity index (χ1v) is 10.3. The third kappa shape index (κ3) is 4.50. The zero-order valence-corrected chi connectivity index (χ0v) is 18.6. The molecule has 0 fully saturated rings. The number of carbonyl (C=O) groups excluding carboxylic acids is 2. The van der Waals surface area contributed by atoms with Crippen molar-refractivity contribution in [1.29, 1.82) is 0 Å². The van der Waals surface area contributed by atoms with Crippen LogP contribution in [0.15, 0.2) is 54.7 Å². The number of nitrogens with zero attached hydrogens (tertiary/aromatic N) is 3. The van der Waals surface area contributed by atoms with Crippen LogP contribution < -0.4 is 21.1 Å². The van der Waals surface area contributed by atoms with E-state index in [0.717, 1.165) is 0 Å². The largest absolute Gasteiger partial charge is 0.495 e. The maximum Gasteiger partial charge on any atom is 0.293 e. The molecule has 0 saturated carbocycles. The van der Waals surface area contributed by atoms with Crippen LogP contribution in [0.1, 0.15) is 21.0 Å². The molecule has 2 heterocycles. The van der Waals surface area contributed by atoms with Crippen molar-refractivity contribution in [2.24, 2.45) is 0 Å². The number of benzene rings is 2. The SMILES string of the molecule is COc1cc(C(=O)Nc2ccccn2)c(Cl)c(NC(=O)c2nc(N)c3ccccc3n2)c1Cl. The molecule has 33 heavy (non-hydrogen) atoms. The molecule has 0 spiro atoms. The van der Waals surface area contributed by atoms with Crippen LogP contribution >= 0.6 is 23.2 Å². The Hall–Kier alpha value is -3.95. The average molecular weight is 483 g/mol. The number of rotatable bonds is 5. The van der Waals surface area contributed by atoms with Crippen LogP contribution in [0, 0.1) is 0 Å². The molecule has 0 unspecified atom stereocenters. The highest BCUT2D eigenvalue weighted by Crippen LogP contribution is 2.41. The third-order valence-corrected chi connectivity index (χ3v) is 5.38. The summed E-state index contributed by atoms with van der Waals surface area (Å²) in [6.45, 7) is 0. The number of ether oxygens (including phenoxy) is 1. The molecule has 166 valence electrons. The van der Waals surface area contributed by atoms with E-state index in [1.54, 1.807) is 42.5 Å². The minimum atomic E-state index is -0.722. The molecule has 2 aromatic carbocycles. The fourth-order valence-electron chi connectivity index (χ4n) is 3.03. The number of nitrogen functional groups attached to an aromatic ring is 1. The van der Waals surface area contributed by atoms with Crippen molar-refractivity contribution >= 4 is 63.2 Å². The lowest BCUT2D eigenvalue weighted by molar-refractivity contribution is 0.101. The third-order valence-electron chi connectivity index (χ3n) is 4.61. The first-order chi connectivity index (χ1) is 15.9. The topological polar surface area (TPSA) is 132 Å². The van der Waals surface area contributed by atoms with Crippen LogP contribution in [0.25, 0.3) is 10.9 Å². The summed E-state index contributed by atoms with van der Waals surface area (Å²) in [6, 6.07) is 13.4. The second kappa shape index (κ2) is 9.27. The van der Waals surface area contributed by atoms with E-state index in [2.05, 4.69) is 25.6 Å². The van der Waals surface area contributed by atoms with Gasteiger partial charge in [-0.3, -0.25) is 9.59 Å². The quantitative estimate of drug-likeness (QED) is 0.383. The Balaban J connectivity index is 1.70. The van der Waals surface area contributed by atoms with Gasteiger partial charge in [-0.05, 0) is 30.3 Å². The first-order valence-electron chi connectivity index (χ1n) is 9.51. The highest BCUT2D eigenvalue weighted by atomic mass is 35.5. The summed E-state index contributed by atoms with van der Waals surface area (Å²) in [6.07, 6.45) is 1.53. The smallest absolute Gasteiger partial charge is 0.293 e. The summed E-state index contributed by atoms with van der Waals surface area (Å²) >= 11 is 12.8. The van der Waals surface area contributed by atoms with Gasteiger partial charge in [-0.25, -0.2) is 15.0 Å². The lowest BCUT2D eigenvalue weighted by atomic mass is 10.1. The number of hydrogen-bond donors (Lipinski definition) is 3. The molecule has 4 rings (SSSR count). The van der Waals surface area contributed by atoms with E-state index >= 15 is 0 Å². The van der Waals surface area contributed by atoms with Gasteiger partial charge in [0.05, 0.1) is 28.9 Å². The van der Waals surface area contributed by atoms with Gasteiger partial charge < -0.3 is 21.1 Å². The summed E-state index contributed by atoms with van der Waals surface area (Å²) in [5, 5.41) is 5.69. The van der Waals surface area contributed by atoms with E-state index in [-0.39, 0.29) is 38.7 Å². The highest BCUT2D eigenvalue weighted by Gasteiger charge is 2.24. The Morgan fingerprint density at radius 3 is 2.45 bits per heavy atom. The Morgan fingerprint density at radius 1 is 0.970 bits per heavy atom. The van der Waals surface area contributed by atoms with E-state index in [0.29, 0.717) is 16.7 Å². The fraction of sp³-hybridized carbons (Fsp3) is 0.0455. The lowest BCUT2D eigenvalue weighted by Gasteiger charge is -2.16. The van der Waals surface area contributed by atoms with Gasteiger partial charge in [-0.2, -0.15) is 0 Å². The Kier molecular flexibility index (Phi) is 6.25. The number of nitrogens with one attached hydrogen (secondary N) is 2. The number of amides is 2.